The molecule has 0 aromatic rings. The Labute approximate surface area is 97.5 Å². The quantitative estimate of drug-likeness (QED) is 0.735. The Morgan fingerprint density at radius 1 is 1.33 bits per heavy atom. The van der Waals surface area contributed by atoms with Gasteiger partial charge >= 0.3 is 0 Å². The third-order valence-electron chi connectivity index (χ3n) is 3.37. The van der Waals surface area contributed by atoms with E-state index in [-0.39, 0.29) is 0 Å². The van der Waals surface area contributed by atoms with Gasteiger partial charge in [-0.2, -0.15) is 0 Å². The zero-order valence-corrected chi connectivity index (χ0v) is 11.0. The van der Waals surface area contributed by atoms with Crippen LogP contribution in [0.25, 0.3) is 0 Å². The average molecular weight is 226 g/mol. The number of thioether (sulfide) groups is 1. The Morgan fingerprint density at radius 3 is 2.60 bits per heavy atom. The van der Waals surface area contributed by atoms with Gasteiger partial charge in [-0.15, -0.1) is 0 Å². The molecule has 1 heterocycles. The maximum atomic E-state index is 4.90. The maximum absolute atomic E-state index is 4.90. The molecule has 86 valence electrons. The molecular weight excluding hydrogens is 204 g/mol. The Morgan fingerprint density at radius 2 is 2.07 bits per heavy atom. The predicted octanol–water partition coefficient (Wildman–Crippen LogP) is 2.84. The van der Waals surface area contributed by atoms with E-state index in [0.717, 1.165) is 11.8 Å². The van der Waals surface area contributed by atoms with Crippen molar-refractivity contribution in [2.45, 2.75) is 46.2 Å². The molecule has 2 atom stereocenters. The van der Waals surface area contributed by atoms with Crippen LogP contribution in [0.15, 0.2) is 4.99 Å². The van der Waals surface area contributed by atoms with Gasteiger partial charge in [-0.1, -0.05) is 25.6 Å². The van der Waals surface area contributed by atoms with E-state index in [1.54, 1.807) is 0 Å². The molecule has 1 aliphatic carbocycles. The lowest BCUT2D eigenvalue weighted by molar-refractivity contribution is 0.382. The van der Waals surface area contributed by atoms with Gasteiger partial charge in [-0.25, -0.2) is 0 Å². The van der Waals surface area contributed by atoms with Gasteiger partial charge in [0.1, 0.15) is 0 Å². The fourth-order valence-electron chi connectivity index (χ4n) is 2.21. The number of amidine groups is 1. The summed E-state index contributed by atoms with van der Waals surface area (Å²) in [4.78, 5) is 7.34. The molecule has 1 saturated carbocycles. The summed E-state index contributed by atoms with van der Waals surface area (Å²) in [6, 6.07) is 1.24. The predicted molar refractivity (Wildman–Crippen MR) is 68.5 cm³/mol. The molecule has 15 heavy (non-hydrogen) atoms. The van der Waals surface area contributed by atoms with Gasteiger partial charge in [0.05, 0.1) is 6.04 Å². The molecule has 2 fully saturated rings. The van der Waals surface area contributed by atoms with Crippen LogP contribution in [0, 0.1) is 11.8 Å². The van der Waals surface area contributed by atoms with Crippen molar-refractivity contribution < 1.29 is 0 Å². The second-order valence-corrected chi connectivity index (χ2v) is 6.32. The molecule has 2 rings (SSSR count). The average Bonchev–Trinajstić information content (AvgIpc) is 2.74. The Balaban J connectivity index is 1.96. The van der Waals surface area contributed by atoms with Gasteiger partial charge in [-0.05, 0) is 32.1 Å². The highest BCUT2D eigenvalue weighted by Crippen LogP contribution is 2.41. The molecule has 3 heteroatoms. The van der Waals surface area contributed by atoms with Crippen molar-refractivity contribution >= 4 is 16.9 Å². The topological polar surface area (TPSA) is 15.6 Å². The molecular formula is C12H22N2S. The number of hydrogen-bond donors (Lipinski definition) is 0. The van der Waals surface area contributed by atoms with Crippen LogP contribution < -0.4 is 0 Å². The summed E-state index contributed by atoms with van der Waals surface area (Å²) in [5, 5.41) is 1.30. The van der Waals surface area contributed by atoms with E-state index < -0.39 is 0 Å². The van der Waals surface area contributed by atoms with E-state index in [2.05, 4.69) is 32.6 Å². The lowest BCUT2D eigenvalue weighted by Crippen LogP contribution is -2.31. The highest BCUT2D eigenvalue weighted by molar-refractivity contribution is 8.14. The first-order chi connectivity index (χ1) is 7.09. The lowest BCUT2D eigenvalue weighted by atomic mass is 10.1. The summed E-state index contributed by atoms with van der Waals surface area (Å²) in [6.45, 7) is 10.3. The second-order valence-electron chi connectivity index (χ2n) is 5.26. The number of rotatable bonds is 3. The van der Waals surface area contributed by atoms with Crippen LogP contribution in [0.1, 0.15) is 34.1 Å². The van der Waals surface area contributed by atoms with Gasteiger partial charge in [0.15, 0.2) is 5.17 Å². The summed E-state index contributed by atoms with van der Waals surface area (Å²) in [5.41, 5.74) is 0. The molecule has 0 bridgehead atoms. The van der Waals surface area contributed by atoms with Crippen LogP contribution in [0.2, 0.25) is 0 Å². The summed E-state index contributed by atoms with van der Waals surface area (Å²) in [7, 11) is 0. The molecule has 2 aliphatic rings. The van der Waals surface area contributed by atoms with E-state index >= 15 is 0 Å². The van der Waals surface area contributed by atoms with Crippen molar-refractivity contribution in [1.29, 1.82) is 0 Å². The van der Waals surface area contributed by atoms with Crippen LogP contribution in [-0.2, 0) is 0 Å². The minimum absolute atomic E-state index is 0.606. The summed E-state index contributed by atoms with van der Waals surface area (Å²) in [5.74, 6) is 2.88. The van der Waals surface area contributed by atoms with Crippen molar-refractivity contribution in [1.82, 2.24) is 4.90 Å². The van der Waals surface area contributed by atoms with Crippen molar-refractivity contribution in [3.05, 3.63) is 0 Å². The van der Waals surface area contributed by atoms with Gasteiger partial charge in [0.25, 0.3) is 0 Å². The van der Waals surface area contributed by atoms with E-state index in [1.807, 2.05) is 11.8 Å². The van der Waals surface area contributed by atoms with Crippen molar-refractivity contribution in [3.63, 3.8) is 0 Å². The molecule has 1 saturated heterocycles. The highest BCUT2D eigenvalue weighted by atomic mass is 32.2. The zero-order valence-electron chi connectivity index (χ0n) is 10.2. The van der Waals surface area contributed by atoms with E-state index in [4.69, 9.17) is 4.99 Å². The first-order valence-electron chi connectivity index (χ1n) is 6.07. The first kappa shape index (κ1) is 11.3. The fraction of sp³-hybridized carbons (Fsp3) is 0.917. The van der Waals surface area contributed by atoms with Crippen LogP contribution >= 0.6 is 11.8 Å². The Kier molecular flexibility index (Phi) is 3.29. The third-order valence-corrected chi connectivity index (χ3v) is 4.35. The molecule has 2 nitrogen and oxygen atoms in total. The number of aliphatic imine (C=N–C) groups is 1. The van der Waals surface area contributed by atoms with Crippen LogP contribution in [0.5, 0.6) is 0 Å². The first-order valence-corrected chi connectivity index (χ1v) is 7.05. The second kappa shape index (κ2) is 4.36. The fourth-order valence-corrected chi connectivity index (χ4v) is 3.36. The zero-order chi connectivity index (χ0) is 11.0. The molecule has 1 aliphatic heterocycles. The van der Waals surface area contributed by atoms with Crippen molar-refractivity contribution in [3.8, 4) is 0 Å². The Bertz CT molecular complexity index is 260. The molecule has 0 N–H and O–H groups in total. The summed E-state index contributed by atoms with van der Waals surface area (Å²) >= 11 is 1.94. The van der Waals surface area contributed by atoms with Gasteiger partial charge in [0, 0.05) is 18.3 Å². The molecule has 0 aromatic carbocycles. The van der Waals surface area contributed by atoms with Crippen molar-refractivity contribution in [2.75, 3.05) is 12.3 Å². The van der Waals surface area contributed by atoms with Crippen LogP contribution in [0.3, 0.4) is 0 Å². The highest BCUT2D eigenvalue weighted by Gasteiger charge is 2.40. The minimum atomic E-state index is 0.606. The van der Waals surface area contributed by atoms with Gasteiger partial charge < -0.3 is 4.90 Å². The van der Waals surface area contributed by atoms with Crippen molar-refractivity contribution in [2.24, 2.45) is 16.8 Å². The largest absolute Gasteiger partial charge is 0.348 e. The number of hydrogen-bond acceptors (Lipinski definition) is 2. The molecule has 0 radical (unpaired) electrons. The lowest BCUT2D eigenvalue weighted by Gasteiger charge is -2.22. The normalized spacial score (nSPS) is 33.5. The van der Waals surface area contributed by atoms with E-state index in [1.165, 1.54) is 23.9 Å². The molecule has 0 spiro atoms. The monoisotopic (exact) mass is 226 g/mol. The van der Waals surface area contributed by atoms with Crippen LogP contribution in [0.4, 0.5) is 0 Å². The Hall–Kier alpha value is -0.180. The number of nitrogens with zero attached hydrogens (tertiary/aromatic N) is 2. The smallest absolute Gasteiger partial charge is 0.159 e. The van der Waals surface area contributed by atoms with E-state index in [0.29, 0.717) is 12.1 Å². The SMILES string of the molecule is CC(C)C1CC1N=C1SCCN1C(C)C. The summed E-state index contributed by atoms with van der Waals surface area (Å²) < 4.78 is 0. The van der Waals surface area contributed by atoms with Gasteiger partial charge in [-0.3, -0.25) is 4.99 Å². The molecule has 0 aromatic heterocycles. The third kappa shape index (κ3) is 2.49. The van der Waals surface area contributed by atoms with Crippen LogP contribution in [-0.4, -0.2) is 34.4 Å². The standard InChI is InChI=1S/C12H22N2S/c1-8(2)10-7-11(10)13-12-14(9(3)4)5-6-15-12/h8-11H,5-7H2,1-4H3. The maximum Gasteiger partial charge on any atom is 0.159 e. The summed E-state index contributed by atoms with van der Waals surface area (Å²) in [6.07, 6.45) is 1.31. The molecule has 0 amide bonds. The van der Waals surface area contributed by atoms with Gasteiger partial charge in [0.2, 0.25) is 0 Å². The minimum Gasteiger partial charge on any atom is -0.348 e. The van der Waals surface area contributed by atoms with E-state index in [9.17, 15) is 0 Å². The molecule has 2 unspecified atom stereocenters.